The van der Waals surface area contributed by atoms with Gasteiger partial charge in [0.05, 0.1) is 11.9 Å². The largest absolute Gasteiger partial charge is 0.342 e. The zero-order valence-corrected chi connectivity index (χ0v) is 35.8. The van der Waals surface area contributed by atoms with Crippen molar-refractivity contribution >= 4 is 39.7 Å². The van der Waals surface area contributed by atoms with E-state index in [1.54, 1.807) is 17.9 Å². The number of carbonyl (C=O) groups is 5. The standard InChI is InChI=1S/C42H62N8O7S/c1-8-28-21-42(28,37(55)48-58(56,57)49-19-12-13-20-49)47-34(52)30-22-41(39(6,7)40(41)17-14-18-40)25-50(30)36(54)32(38(3,4)5)46-35(53)31(27-15-10-9-11-16-27)45-33(51)29-24-43-26(2)23-44-29/h8,23-24,27-28,30-32H,1,9-22,25H2,2-7H3,(H,45,51)(H,46,53)(H,47,52)(H,48,55)/t28-,30+,31+,32-,41-,42-/m1/s1. The van der Waals surface area contributed by atoms with Crippen LogP contribution in [-0.2, 0) is 29.4 Å². The van der Waals surface area contributed by atoms with Crippen LogP contribution in [0.3, 0.4) is 0 Å². The van der Waals surface area contributed by atoms with Crippen LogP contribution in [0.4, 0.5) is 0 Å². The fraction of sp³-hybridized carbons (Fsp3) is 0.738. The summed E-state index contributed by atoms with van der Waals surface area (Å²) in [5.41, 5.74) is -2.16. The second-order valence-electron chi connectivity index (χ2n) is 19.6. The van der Waals surface area contributed by atoms with Gasteiger partial charge in [-0.25, -0.2) is 9.71 Å². The van der Waals surface area contributed by atoms with E-state index in [4.69, 9.17) is 0 Å². The molecule has 7 rings (SSSR count). The monoisotopic (exact) mass is 822 g/mol. The smallest absolute Gasteiger partial charge is 0.303 e. The molecule has 0 unspecified atom stereocenters. The topological polar surface area (TPSA) is 200 Å². The lowest BCUT2D eigenvalue weighted by Crippen LogP contribution is -2.62. The van der Waals surface area contributed by atoms with Gasteiger partial charge in [0.2, 0.25) is 17.7 Å². The van der Waals surface area contributed by atoms with E-state index >= 15 is 4.79 Å². The first-order valence-corrected chi connectivity index (χ1v) is 22.6. The van der Waals surface area contributed by atoms with Gasteiger partial charge in [-0.15, -0.1) is 6.58 Å². The molecule has 4 aliphatic carbocycles. The van der Waals surface area contributed by atoms with Crippen LogP contribution in [0.15, 0.2) is 25.0 Å². The number of aromatic nitrogens is 2. The number of hydrogen-bond donors (Lipinski definition) is 4. The van der Waals surface area contributed by atoms with E-state index in [1.807, 2.05) is 20.8 Å². The van der Waals surface area contributed by atoms with Crippen molar-refractivity contribution in [2.24, 2.45) is 33.5 Å². The van der Waals surface area contributed by atoms with Gasteiger partial charge < -0.3 is 20.9 Å². The van der Waals surface area contributed by atoms with Gasteiger partial charge in [-0.05, 0) is 80.5 Å². The summed E-state index contributed by atoms with van der Waals surface area (Å²) in [4.78, 5) is 81.7. The molecular formula is C42H62N8O7S. The van der Waals surface area contributed by atoms with Crippen LogP contribution >= 0.6 is 0 Å². The molecule has 4 N–H and O–H groups in total. The molecule has 4 saturated carbocycles. The molecule has 2 spiro atoms. The molecule has 6 atom stereocenters. The molecule has 3 heterocycles. The average molecular weight is 823 g/mol. The summed E-state index contributed by atoms with van der Waals surface area (Å²) >= 11 is 0. The van der Waals surface area contributed by atoms with Crippen molar-refractivity contribution in [1.29, 1.82) is 0 Å². The van der Waals surface area contributed by atoms with Crippen molar-refractivity contribution in [2.45, 2.75) is 142 Å². The van der Waals surface area contributed by atoms with Crippen molar-refractivity contribution in [3.63, 3.8) is 0 Å². The highest BCUT2D eigenvalue weighted by Crippen LogP contribution is 2.88. The van der Waals surface area contributed by atoms with Gasteiger partial charge in [0.25, 0.3) is 11.8 Å². The first-order valence-electron chi connectivity index (χ1n) is 21.2. The Kier molecular flexibility index (Phi) is 10.9. The number of nitrogens with zero attached hydrogens (tertiary/aromatic N) is 4. The van der Waals surface area contributed by atoms with E-state index in [0.29, 0.717) is 44.6 Å². The number of fused-ring (bicyclic) bond motifs is 1. The zero-order valence-electron chi connectivity index (χ0n) is 35.0. The van der Waals surface area contributed by atoms with E-state index in [2.05, 4.69) is 51.1 Å². The zero-order chi connectivity index (χ0) is 42.1. The number of rotatable bonds is 12. The molecule has 1 aromatic rings. The Morgan fingerprint density at radius 3 is 2.12 bits per heavy atom. The molecule has 2 saturated heterocycles. The molecule has 1 aromatic heterocycles. The van der Waals surface area contributed by atoms with Crippen molar-refractivity contribution < 1.29 is 32.4 Å². The lowest BCUT2D eigenvalue weighted by atomic mass is 9.73. The van der Waals surface area contributed by atoms with Crippen LogP contribution in [0.25, 0.3) is 0 Å². The Labute approximate surface area is 342 Å². The number of amides is 5. The normalized spacial score (nSPS) is 29.9. The van der Waals surface area contributed by atoms with Crippen molar-refractivity contribution in [1.82, 2.24) is 39.8 Å². The summed E-state index contributed by atoms with van der Waals surface area (Å²) in [6.07, 6.45) is 13.8. The van der Waals surface area contributed by atoms with Crippen LogP contribution in [0.5, 0.6) is 0 Å². The predicted octanol–water partition coefficient (Wildman–Crippen LogP) is 3.31. The second-order valence-corrected chi connectivity index (χ2v) is 21.2. The van der Waals surface area contributed by atoms with Gasteiger partial charge in [-0.2, -0.15) is 12.7 Å². The van der Waals surface area contributed by atoms with Gasteiger partial charge in [-0.3, -0.25) is 29.0 Å². The predicted molar refractivity (Wildman–Crippen MR) is 216 cm³/mol. The van der Waals surface area contributed by atoms with Crippen LogP contribution in [0, 0.1) is 40.4 Å². The first-order chi connectivity index (χ1) is 27.2. The summed E-state index contributed by atoms with van der Waals surface area (Å²) in [6.45, 7) is 16.5. The van der Waals surface area contributed by atoms with Gasteiger partial charge in [-0.1, -0.05) is 66.4 Å². The average Bonchev–Trinajstić information content (AvgIpc) is 3.61. The maximum Gasteiger partial charge on any atom is 0.303 e. The Hall–Kier alpha value is -3.92. The van der Waals surface area contributed by atoms with Gasteiger partial charge >= 0.3 is 10.2 Å². The number of carbonyl (C=O) groups excluding carboxylic acids is 5. The Morgan fingerprint density at radius 1 is 0.914 bits per heavy atom. The molecule has 0 radical (unpaired) electrons. The fourth-order valence-electron chi connectivity index (χ4n) is 11.2. The van der Waals surface area contributed by atoms with E-state index in [1.165, 1.54) is 16.7 Å². The molecule has 0 aromatic carbocycles. The maximum absolute atomic E-state index is 15.2. The Balaban J connectivity index is 1.16. The van der Waals surface area contributed by atoms with Crippen LogP contribution in [0.1, 0.15) is 128 Å². The third-order valence-corrected chi connectivity index (χ3v) is 16.7. The molecule has 5 amide bonds. The van der Waals surface area contributed by atoms with E-state index in [0.717, 1.165) is 51.4 Å². The molecule has 58 heavy (non-hydrogen) atoms. The third-order valence-electron chi connectivity index (χ3n) is 15.2. The Morgan fingerprint density at radius 2 is 1.59 bits per heavy atom. The minimum atomic E-state index is -4.12. The van der Waals surface area contributed by atoms with E-state index < -0.39 is 74.7 Å². The highest BCUT2D eigenvalue weighted by Gasteiger charge is 2.85. The van der Waals surface area contributed by atoms with Gasteiger partial charge in [0.15, 0.2) is 0 Å². The highest BCUT2D eigenvalue weighted by molar-refractivity contribution is 7.87. The second kappa shape index (κ2) is 15.0. The molecule has 16 heteroatoms. The molecule has 2 aliphatic heterocycles. The number of aryl methyl sites for hydroxylation is 1. The van der Waals surface area contributed by atoms with Crippen LogP contribution in [0.2, 0.25) is 0 Å². The molecular weight excluding hydrogens is 761 g/mol. The third kappa shape index (κ3) is 7.02. The van der Waals surface area contributed by atoms with E-state index in [-0.39, 0.29) is 34.3 Å². The quantitative estimate of drug-likeness (QED) is 0.229. The number of hydrogen-bond acceptors (Lipinski definition) is 9. The minimum Gasteiger partial charge on any atom is -0.342 e. The lowest BCUT2D eigenvalue weighted by Gasteiger charge is -2.38. The van der Waals surface area contributed by atoms with Crippen molar-refractivity contribution in [3.8, 4) is 0 Å². The summed E-state index contributed by atoms with van der Waals surface area (Å²) in [5, 5.41) is 8.93. The van der Waals surface area contributed by atoms with Gasteiger partial charge in [0.1, 0.15) is 29.4 Å². The fourth-order valence-corrected chi connectivity index (χ4v) is 12.5. The van der Waals surface area contributed by atoms with Crippen LogP contribution in [-0.4, -0.2) is 100 Å². The summed E-state index contributed by atoms with van der Waals surface area (Å²) in [6, 6.07) is -2.98. The maximum atomic E-state index is 15.2. The van der Waals surface area contributed by atoms with Crippen molar-refractivity contribution in [3.05, 3.63) is 36.4 Å². The SMILES string of the molecule is C=C[C@@H]1C[C@]1(NC(=O)[C@@H]1C[C@@]2(CN1C(=O)[C@@H](NC(=O)[C@@H](NC(=O)c1cnc(C)cn1)C1CCCCC1)C(C)(C)C)C(C)(C)C21CCC1)C(=O)NS(=O)(=O)N1CCCC1. The summed E-state index contributed by atoms with van der Waals surface area (Å²) in [5.74, 6) is -3.44. The van der Waals surface area contributed by atoms with Crippen LogP contribution < -0.4 is 20.7 Å². The molecule has 0 bridgehead atoms. The highest BCUT2D eigenvalue weighted by atomic mass is 32.2. The number of nitrogens with one attached hydrogen (secondary N) is 4. The molecule has 15 nitrogen and oxygen atoms in total. The molecule has 6 aliphatic rings. The lowest BCUT2D eigenvalue weighted by molar-refractivity contribution is -0.145. The van der Waals surface area contributed by atoms with Gasteiger partial charge in [0, 0.05) is 37.2 Å². The minimum absolute atomic E-state index is 0.0363. The number of likely N-dealkylation sites (tertiary alicyclic amines) is 1. The van der Waals surface area contributed by atoms with Crippen molar-refractivity contribution in [2.75, 3.05) is 19.6 Å². The van der Waals surface area contributed by atoms with E-state index in [9.17, 15) is 27.6 Å². The molecule has 6 fully saturated rings. The first kappa shape index (κ1) is 42.2. The summed E-state index contributed by atoms with van der Waals surface area (Å²) in [7, 11) is -4.12. The Bertz CT molecular complexity index is 1950. The summed E-state index contributed by atoms with van der Waals surface area (Å²) < 4.78 is 29.8. The molecule has 318 valence electrons.